The predicted octanol–water partition coefficient (Wildman–Crippen LogP) is 4.36. The molecule has 100 valence electrons. The van der Waals surface area contributed by atoms with Crippen LogP contribution in [0.2, 0.25) is 0 Å². The Hall–Kier alpha value is -1.20. The van der Waals surface area contributed by atoms with Crippen LogP contribution in [-0.4, -0.2) is 11.1 Å². The summed E-state index contributed by atoms with van der Waals surface area (Å²) in [4.78, 5) is 5.34. The number of hydrogen-bond donors (Lipinski definition) is 1. The molecule has 1 heterocycles. The van der Waals surface area contributed by atoms with Gasteiger partial charge in [0.2, 0.25) is 0 Å². The van der Waals surface area contributed by atoms with Gasteiger partial charge < -0.3 is 10.5 Å². The first kappa shape index (κ1) is 14.2. The molecule has 3 nitrogen and oxygen atoms in total. The Balaban J connectivity index is 2.25. The number of nitrogens with two attached hydrogens (primary N) is 1. The third-order valence-electron chi connectivity index (χ3n) is 2.21. The standard InChI is InChI=1S/C14H15BrN2OS/c1-9(2)18-11-6-10(16)7-12(8-11)19-14-13(15)4-3-5-17-14/h3-9H,16H2,1-2H3. The highest BCUT2D eigenvalue weighted by Gasteiger charge is 2.07. The minimum atomic E-state index is 0.126. The van der Waals surface area contributed by atoms with Crippen molar-refractivity contribution in [1.82, 2.24) is 4.98 Å². The number of ether oxygens (including phenoxy) is 1. The van der Waals surface area contributed by atoms with E-state index < -0.39 is 0 Å². The fourth-order valence-electron chi connectivity index (χ4n) is 1.55. The van der Waals surface area contributed by atoms with E-state index >= 15 is 0 Å². The van der Waals surface area contributed by atoms with Gasteiger partial charge in [-0.05, 0) is 54.0 Å². The second-order valence-electron chi connectivity index (χ2n) is 4.30. The Labute approximate surface area is 125 Å². The number of halogens is 1. The van der Waals surface area contributed by atoms with Crippen molar-refractivity contribution in [3.8, 4) is 5.75 Å². The van der Waals surface area contributed by atoms with E-state index in [-0.39, 0.29) is 6.10 Å². The van der Waals surface area contributed by atoms with Crippen LogP contribution < -0.4 is 10.5 Å². The highest BCUT2D eigenvalue weighted by Crippen LogP contribution is 2.34. The third kappa shape index (κ3) is 4.14. The highest BCUT2D eigenvalue weighted by atomic mass is 79.9. The average Bonchev–Trinajstić information content (AvgIpc) is 2.30. The van der Waals surface area contributed by atoms with Crippen LogP contribution in [0.5, 0.6) is 5.75 Å². The fraction of sp³-hybridized carbons (Fsp3) is 0.214. The van der Waals surface area contributed by atoms with Gasteiger partial charge in [-0.25, -0.2) is 4.98 Å². The van der Waals surface area contributed by atoms with Gasteiger partial charge in [0.25, 0.3) is 0 Å². The topological polar surface area (TPSA) is 48.1 Å². The van der Waals surface area contributed by atoms with E-state index in [0.29, 0.717) is 5.69 Å². The van der Waals surface area contributed by atoms with Crippen molar-refractivity contribution >= 4 is 33.4 Å². The number of nitrogens with zero attached hydrogens (tertiary/aromatic N) is 1. The molecule has 0 aliphatic carbocycles. The maximum atomic E-state index is 5.90. The van der Waals surface area contributed by atoms with E-state index in [1.54, 1.807) is 18.0 Å². The number of aromatic nitrogens is 1. The normalized spacial score (nSPS) is 10.7. The zero-order chi connectivity index (χ0) is 13.8. The summed E-state index contributed by atoms with van der Waals surface area (Å²) in [6.07, 6.45) is 1.89. The number of nitrogen functional groups attached to an aromatic ring is 1. The molecule has 0 bridgehead atoms. The smallest absolute Gasteiger partial charge is 0.122 e. The van der Waals surface area contributed by atoms with Crippen molar-refractivity contribution in [1.29, 1.82) is 0 Å². The lowest BCUT2D eigenvalue weighted by Crippen LogP contribution is -2.05. The van der Waals surface area contributed by atoms with Crippen molar-refractivity contribution in [2.75, 3.05) is 5.73 Å². The lowest BCUT2D eigenvalue weighted by atomic mass is 10.3. The van der Waals surface area contributed by atoms with Crippen LogP contribution in [0.25, 0.3) is 0 Å². The first-order chi connectivity index (χ1) is 9.04. The van der Waals surface area contributed by atoms with Gasteiger partial charge >= 0.3 is 0 Å². The molecule has 0 amide bonds. The van der Waals surface area contributed by atoms with Gasteiger partial charge in [0.1, 0.15) is 10.8 Å². The van der Waals surface area contributed by atoms with E-state index in [2.05, 4.69) is 20.9 Å². The quantitative estimate of drug-likeness (QED) is 0.841. The maximum absolute atomic E-state index is 5.90. The van der Waals surface area contributed by atoms with Gasteiger partial charge in [-0.15, -0.1) is 0 Å². The second kappa shape index (κ2) is 6.30. The minimum Gasteiger partial charge on any atom is -0.491 e. The van der Waals surface area contributed by atoms with Crippen molar-refractivity contribution < 1.29 is 4.74 Å². The largest absolute Gasteiger partial charge is 0.491 e. The zero-order valence-electron chi connectivity index (χ0n) is 10.8. The molecule has 0 radical (unpaired) electrons. The fourth-order valence-corrected chi connectivity index (χ4v) is 2.92. The van der Waals surface area contributed by atoms with E-state index in [0.717, 1.165) is 20.1 Å². The molecule has 2 rings (SSSR count). The van der Waals surface area contributed by atoms with Gasteiger partial charge in [0.15, 0.2) is 0 Å². The van der Waals surface area contributed by atoms with Gasteiger partial charge in [0.05, 0.1) is 10.6 Å². The Bertz CT molecular complexity index is 575. The van der Waals surface area contributed by atoms with Crippen LogP contribution in [0.15, 0.2) is 50.9 Å². The van der Waals surface area contributed by atoms with Gasteiger partial charge in [-0.3, -0.25) is 0 Å². The monoisotopic (exact) mass is 338 g/mol. The summed E-state index contributed by atoms with van der Waals surface area (Å²) < 4.78 is 6.64. The lowest BCUT2D eigenvalue weighted by Gasteiger charge is -2.12. The molecule has 0 spiro atoms. The van der Waals surface area contributed by atoms with Crippen LogP contribution in [0.4, 0.5) is 5.69 Å². The first-order valence-electron chi connectivity index (χ1n) is 5.90. The molecular formula is C14H15BrN2OS. The van der Waals surface area contributed by atoms with Crippen molar-refractivity contribution in [3.63, 3.8) is 0 Å². The van der Waals surface area contributed by atoms with Crippen LogP contribution in [0.1, 0.15) is 13.8 Å². The molecule has 2 N–H and O–H groups in total. The second-order valence-corrected chi connectivity index (χ2v) is 6.21. The molecule has 0 atom stereocenters. The van der Waals surface area contributed by atoms with Crippen LogP contribution in [-0.2, 0) is 0 Å². The average molecular weight is 339 g/mol. The summed E-state index contributed by atoms with van der Waals surface area (Å²) >= 11 is 5.04. The van der Waals surface area contributed by atoms with Crippen molar-refractivity contribution in [3.05, 3.63) is 41.0 Å². The molecule has 0 aliphatic rings. The molecule has 5 heteroatoms. The summed E-state index contributed by atoms with van der Waals surface area (Å²) in [7, 11) is 0. The highest BCUT2D eigenvalue weighted by molar-refractivity contribution is 9.10. The molecule has 0 saturated carbocycles. The lowest BCUT2D eigenvalue weighted by molar-refractivity contribution is 0.242. The van der Waals surface area contributed by atoms with Crippen molar-refractivity contribution in [2.45, 2.75) is 29.9 Å². The summed E-state index contributed by atoms with van der Waals surface area (Å²) in [5, 5.41) is 0.906. The van der Waals surface area contributed by atoms with Crippen LogP contribution in [0.3, 0.4) is 0 Å². The van der Waals surface area contributed by atoms with Gasteiger partial charge in [0, 0.05) is 22.8 Å². The van der Waals surface area contributed by atoms with Crippen molar-refractivity contribution in [2.24, 2.45) is 0 Å². The Kier molecular flexibility index (Phi) is 4.71. The van der Waals surface area contributed by atoms with Gasteiger partial charge in [-0.2, -0.15) is 0 Å². The maximum Gasteiger partial charge on any atom is 0.122 e. The van der Waals surface area contributed by atoms with Crippen LogP contribution in [0, 0.1) is 0 Å². The summed E-state index contributed by atoms with van der Waals surface area (Å²) in [6.45, 7) is 3.98. The summed E-state index contributed by atoms with van der Waals surface area (Å²) in [6, 6.07) is 9.58. The molecule has 2 aromatic rings. The van der Waals surface area contributed by atoms with E-state index in [4.69, 9.17) is 10.5 Å². The Morgan fingerprint density at radius 1 is 1.32 bits per heavy atom. The molecular weight excluding hydrogens is 324 g/mol. The Morgan fingerprint density at radius 3 is 2.79 bits per heavy atom. The molecule has 1 aromatic heterocycles. The number of rotatable bonds is 4. The SMILES string of the molecule is CC(C)Oc1cc(N)cc(Sc2ncccc2Br)c1. The summed E-state index contributed by atoms with van der Waals surface area (Å²) in [5.74, 6) is 0.782. The van der Waals surface area contributed by atoms with Crippen LogP contribution >= 0.6 is 27.7 Å². The number of pyridine rings is 1. The predicted molar refractivity (Wildman–Crippen MR) is 82.7 cm³/mol. The Morgan fingerprint density at radius 2 is 2.11 bits per heavy atom. The zero-order valence-corrected chi connectivity index (χ0v) is 13.2. The molecule has 19 heavy (non-hydrogen) atoms. The molecule has 0 saturated heterocycles. The van der Waals surface area contributed by atoms with Gasteiger partial charge in [-0.1, -0.05) is 11.8 Å². The summed E-state index contributed by atoms with van der Waals surface area (Å²) in [5.41, 5.74) is 6.59. The molecule has 0 unspecified atom stereocenters. The molecule has 1 aromatic carbocycles. The molecule has 0 aliphatic heterocycles. The van der Waals surface area contributed by atoms with E-state index in [1.165, 1.54) is 0 Å². The minimum absolute atomic E-state index is 0.126. The van der Waals surface area contributed by atoms with E-state index in [1.807, 2.05) is 44.2 Å². The number of anilines is 1. The molecule has 0 fully saturated rings. The first-order valence-corrected chi connectivity index (χ1v) is 7.51. The third-order valence-corrected chi connectivity index (χ3v) is 4.11. The number of hydrogen-bond acceptors (Lipinski definition) is 4. The van der Waals surface area contributed by atoms with E-state index in [9.17, 15) is 0 Å². The number of benzene rings is 1.